The number of nitrogens with zero attached hydrogens (tertiary/aromatic N) is 3. The Morgan fingerprint density at radius 2 is 2.30 bits per heavy atom. The van der Waals surface area contributed by atoms with Gasteiger partial charge in [-0.05, 0) is 24.8 Å². The fraction of sp³-hybridized carbons (Fsp3) is 0.312. The molecule has 0 atom stereocenters. The lowest BCUT2D eigenvalue weighted by Crippen LogP contribution is -2.21. The van der Waals surface area contributed by atoms with Gasteiger partial charge < -0.3 is 15.5 Å². The van der Waals surface area contributed by atoms with Crippen molar-refractivity contribution in [1.82, 2.24) is 14.4 Å². The Morgan fingerprint density at radius 3 is 3.00 bits per heavy atom. The molecule has 0 aliphatic heterocycles. The van der Waals surface area contributed by atoms with Gasteiger partial charge in [-0.15, -0.1) is 0 Å². The predicted octanol–water partition coefficient (Wildman–Crippen LogP) is 2.30. The Labute approximate surface area is 132 Å². The number of carbonyl (C=O) groups excluding carboxylic acids is 1. The maximum atomic E-state index is 11.2. The topological polar surface area (TPSA) is 98.5 Å². The molecule has 0 radical (unpaired) electrons. The van der Waals surface area contributed by atoms with Crippen LogP contribution in [0.5, 0.6) is 0 Å². The van der Waals surface area contributed by atoms with Crippen molar-refractivity contribution in [3.63, 3.8) is 0 Å². The van der Waals surface area contributed by atoms with E-state index in [2.05, 4.69) is 15.3 Å². The van der Waals surface area contributed by atoms with E-state index in [4.69, 9.17) is 10.2 Å². The average molecular weight is 311 g/mol. The van der Waals surface area contributed by atoms with Gasteiger partial charge in [0.05, 0.1) is 11.9 Å². The van der Waals surface area contributed by atoms with Crippen LogP contribution in [-0.2, 0) is 0 Å². The molecule has 3 N–H and O–H groups in total. The highest BCUT2D eigenvalue weighted by molar-refractivity contribution is 5.91. The highest BCUT2D eigenvalue weighted by atomic mass is 16.3. The minimum absolute atomic E-state index is 0.125. The summed E-state index contributed by atoms with van der Waals surface area (Å²) in [6.07, 6.45) is 10.7. The van der Waals surface area contributed by atoms with Crippen LogP contribution in [0.1, 0.15) is 29.8 Å². The van der Waals surface area contributed by atoms with Crippen molar-refractivity contribution < 1.29 is 9.21 Å². The molecule has 3 aromatic rings. The molecule has 3 heterocycles. The molecule has 23 heavy (non-hydrogen) atoms. The van der Waals surface area contributed by atoms with E-state index >= 15 is 0 Å². The first-order valence-electron chi connectivity index (χ1n) is 7.67. The highest BCUT2D eigenvalue weighted by Gasteiger charge is 2.18. The van der Waals surface area contributed by atoms with Crippen LogP contribution in [0.4, 0.5) is 5.82 Å². The molecule has 0 spiro atoms. The van der Waals surface area contributed by atoms with E-state index in [0.29, 0.717) is 0 Å². The van der Waals surface area contributed by atoms with E-state index in [1.54, 1.807) is 18.5 Å². The number of anilines is 1. The molecule has 3 aromatic heterocycles. The first kappa shape index (κ1) is 13.8. The third kappa shape index (κ3) is 2.44. The summed E-state index contributed by atoms with van der Waals surface area (Å²) in [5.74, 6) is 1.04. The second kappa shape index (κ2) is 5.42. The average Bonchev–Trinajstić information content (AvgIpc) is 3.15. The molecule has 4 rings (SSSR count). The Morgan fingerprint density at radius 1 is 1.43 bits per heavy atom. The molecule has 1 fully saturated rings. The van der Waals surface area contributed by atoms with Gasteiger partial charge in [0.1, 0.15) is 6.26 Å². The fourth-order valence-electron chi connectivity index (χ4n) is 2.79. The Kier molecular flexibility index (Phi) is 3.25. The van der Waals surface area contributed by atoms with Gasteiger partial charge in [-0.25, -0.2) is 9.97 Å². The van der Waals surface area contributed by atoms with Crippen molar-refractivity contribution in [3.05, 3.63) is 36.7 Å². The zero-order valence-corrected chi connectivity index (χ0v) is 12.5. The quantitative estimate of drug-likeness (QED) is 0.753. The lowest BCUT2D eigenvalue weighted by molar-refractivity contribution is 0.0974. The van der Waals surface area contributed by atoms with Gasteiger partial charge >= 0.3 is 0 Å². The number of primary amides is 1. The number of fused-ring (bicyclic) bond motifs is 1. The first-order valence-corrected chi connectivity index (χ1v) is 7.67. The molecule has 1 aliphatic rings. The molecular weight excluding hydrogens is 294 g/mol. The smallest absolute Gasteiger partial charge is 0.284 e. The van der Waals surface area contributed by atoms with Gasteiger partial charge in [-0.3, -0.25) is 9.20 Å². The summed E-state index contributed by atoms with van der Waals surface area (Å²) in [6, 6.07) is 1.61. The van der Waals surface area contributed by atoms with E-state index in [-0.39, 0.29) is 5.76 Å². The lowest BCUT2D eigenvalue weighted by Gasteiger charge is -2.25. The number of imidazole rings is 1. The Bertz CT molecular complexity index is 862. The van der Waals surface area contributed by atoms with Crippen LogP contribution in [0.3, 0.4) is 0 Å². The second-order valence-electron chi connectivity index (χ2n) is 5.85. The number of carbonyl (C=O) groups is 1. The summed E-state index contributed by atoms with van der Waals surface area (Å²) in [6.45, 7) is 0.923. The molecule has 7 heteroatoms. The summed E-state index contributed by atoms with van der Waals surface area (Å²) >= 11 is 0. The number of nitrogens with one attached hydrogen (secondary N) is 1. The monoisotopic (exact) mass is 311 g/mol. The standard InChI is InChI=1S/C16H17N5O2/c17-14(22)13-6-11(9-23-13)12-8-20-15(16-18-4-5-21(12)16)19-7-10-2-1-3-10/h4-6,8-10H,1-3,7H2,(H2,17,22)(H,19,20). The van der Waals surface area contributed by atoms with Crippen molar-refractivity contribution in [2.45, 2.75) is 19.3 Å². The van der Waals surface area contributed by atoms with Crippen molar-refractivity contribution in [2.75, 3.05) is 11.9 Å². The fourth-order valence-corrected chi connectivity index (χ4v) is 2.79. The number of rotatable bonds is 5. The van der Waals surface area contributed by atoms with Crippen LogP contribution < -0.4 is 11.1 Å². The van der Waals surface area contributed by atoms with Crippen molar-refractivity contribution in [2.24, 2.45) is 11.7 Å². The van der Waals surface area contributed by atoms with Crippen LogP contribution in [0.15, 0.2) is 35.3 Å². The summed E-state index contributed by atoms with van der Waals surface area (Å²) in [4.78, 5) is 20.1. The molecular formula is C16H17N5O2. The summed E-state index contributed by atoms with van der Waals surface area (Å²) in [7, 11) is 0. The maximum Gasteiger partial charge on any atom is 0.284 e. The van der Waals surface area contributed by atoms with Crippen LogP contribution in [0, 0.1) is 5.92 Å². The highest BCUT2D eigenvalue weighted by Crippen LogP contribution is 2.28. The van der Waals surface area contributed by atoms with Crippen LogP contribution >= 0.6 is 0 Å². The molecule has 0 bridgehead atoms. The maximum absolute atomic E-state index is 11.2. The molecule has 1 saturated carbocycles. The predicted molar refractivity (Wildman–Crippen MR) is 85.0 cm³/mol. The molecule has 0 aromatic carbocycles. The molecule has 1 aliphatic carbocycles. The Hall–Kier alpha value is -2.83. The van der Waals surface area contributed by atoms with E-state index in [9.17, 15) is 4.79 Å². The van der Waals surface area contributed by atoms with E-state index in [1.807, 2.05) is 10.6 Å². The zero-order valence-electron chi connectivity index (χ0n) is 12.5. The minimum Gasteiger partial charge on any atom is -0.458 e. The first-order chi connectivity index (χ1) is 11.2. The zero-order chi connectivity index (χ0) is 15.8. The van der Waals surface area contributed by atoms with Crippen LogP contribution in [0.25, 0.3) is 16.9 Å². The van der Waals surface area contributed by atoms with E-state index < -0.39 is 5.91 Å². The number of nitrogens with two attached hydrogens (primary N) is 1. The second-order valence-corrected chi connectivity index (χ2v) is 5.85. The van der Waals surface area contributed by atoms with Gasteiger partial charge in [-0.2, -0.15) is 0 Å². The molecule has 1 amide bonds. The van der Waals surface area contributed by atoms with Gasteiger partial charge in [0.15, 0.2) is 17.2 Å². The van der Waals surface area contributed by atoms with Crippen LogP contribution in [-0.4, -0.2) is 26.8 Å². The van der Waals surface area contributed by atoms with Crippen molar-refractivity contribution in [1.29, 1.82) is 0 Å². The SMILES string of the molecule is NC(=O)c1cc(-c2cnc(NCC3CCC3)c3nccn23)co1. The summed E-state index contributed by atoms with van der Waals surface area (Å²) < 4.78 is 7.11. The number of furan rings is 1. The summed E-state index contributed by atoms with van der Waals surface area (Å²) in [5.41, 5.74) is 7.51. The van der Waals surface area contributed by atoms with Crippen molar-refractivity contribution in [3.8, 4) is 11.3 Å². The number of hydrogen-bond donors (Lipinski definition) is 2. The number of aromatic nitrogens is 3. The number of hydrogen-bond acceptors (Lipinski definition) is 5. The van der Waals surface area contributed by atoms with Gasteiger partial charge in [0.25, 0.3) is 5.91 Å². The van der Waals surface area contributed by atoms with E-state index in [0.717, 1.165) is 35.2 Å². The molecule has 0 unspecified atom stereocenters. The van der Waals surface area contributed by atoms with E-state index in [1.165, 1.54) is 25.5 Å². The minimum atomic E-state index is -0.593. The Balaban J connectivity index is 1.68. The van der Waals surface area contributed by atoms with Gasteiger partial charge in [-0.1, -0.05) is 6.42 Å². The lowest BCUT2D eigenvalue weighted by atomic mass is 9.85. The molecule has 0 saturated heterocycles. The van der Waals surface area contributed by atoms with Crippen LogP contribution in [0.2, 0.25) is 0 Å². The molecule has 7 nitrogen and oxygen atoms in total. The number of amides is 1. The van der Waals surface area contributed by atoms with Gasteiger partial charge in [0, 0.05) is 24.5 Å². The largest absolute Gasteiger partial charge is 0.458 e. The summed E-state index contributed by atoms with van der Waals surface area (Å²) in [5, 5.41) is 3.39. The normalized spacial score (nSPS) is 14.8. The van der Waals surface area contributed by atoms with Crippen molar-refractivity contribution >= 4 is 17.4 Å². The third-order valence-electron chi connectivity index (χ3n) is 4.35. The van der Waals surface area contributed by atoms with Gasteiger partial charge in [0.2, 0.25) is 0 Å². The molecule has 118 valence electrons. The third-order valence-corrected chi connectivity index (χ3v) is 4.35.